The first-order valence-electron chi connectivity index (χ1n) is 5.60. The van der Waals surface area contributed by atoms with Crippen LogP contribution in [0.15, 0.2) is 10.6 Å². The van der Waals surface area contributed by atoms with Gasteiger partial charge < -0.3 is 14.6 Å². The number of rotatable bonds is 3. The molecule has 1 atom stereocenters. The first-order chi connectivity index (χ1) is 7.18. The molecule has 84 valence electrons. The van der Waals surface area contributed by atoms with Crippen LogP contribution in [0.5, 0.6) is 0 Å². The SMILES string of the molecule is Cc1cnc(N(C(C)C)C2CCNC2)o1. The van der Waals surface area contributed by atoms with E-state index in [-0.39, 0.29) is 0 Å². The molecule has 1 unspecified atom stereocenters. The van der Waals surface area contributed by atoms with Gasteiger partial charge in [0.1, 0.15) is 5.76 Å². The zero-order valence-electron chi connectivity index (χ0n) is 9.66. The van der Waals surface area contributed by atoms with Gasteiger partial charge in [-0.15, -0.1) is 0 Å². The quantitative estimate of drug-likeness (QED) is 0.820. The summed E-state index contributed by atoms with van der Waals surface area (Å²) in [5, 5.41) is 3.37. The Morgan fingerprint density at radius 2 is 2.40 bits per heavy atom. The first kappa shape index (κ1) is 10.5. The van der Waals surface area contributed by atoms with Gasteiger partial charge in [0.2, 0.25) is 0 Å². The zero-order chi connectivity index (χ0) is 10.8. The fraction of sp³-hybridized carbons (Fsp3) is 0.727. The summed E-state index contributed by atoms with van der Waals surface area (Å²) < 4.78 is 5.61. The summed E-state index contributed by atoms with van der Waals surface area (Å²) in [6, 6.07) is 1.70. The summed E-state index contributed by atoms with van der Waals surface area (Å²) in [4.78, 5) is 6.58. The van der Waals surface area contributed by atoms with E-state index in [1.165, 1.54) is 6.42 Å². The lowest BCUT2D eigenvalue weighted by Crippen LogP contribution is -2.42. The van der Waals surface area contributed by atoms with Crippen molar-refractivity contribution in [3.63, 3.8) is 0 Å². The molecule has 0 amide bonds. The van der Waals surface area contributed by atoms with Gasteiger partial charge in [-0.3, -0.25) is 0 Å². The Kier molecular flexibility index (Phi) is 2.95. The van der Waals surface area contributed by atoms with E-state index in [2.05, 4.69) is 29.0 Å². The summed E-state index contributed by atoms with van der Waals surface area (Å²) in [6.07, 6.45) is 2.95. The van der Waals surface area contributed by atoms with Crippen LogP contribution in [0.25, 0.3) is 0 Å². The van der Waals surface area contributed by atoms with Crippen LogP contribution < -0.4 is 10.2 Å². The molecule has 1 aromatic rings. The average molecular weight is 209 g/mol. The molecule has 15 heavy (non-hydrogen) atoms. The molecule has 0 aliphatic carbocycles. The number of aryl methyl sites for hydroxylation is 1. The number of nitrogens with zero attached hydrogens (tertiary/aromatic N) is 2. The maximum Gasteiger partial charge on any atom is 0.297 e. The molecule has 0 aromatic carbocycles. The van der Waals surface area contributed by atoms with E-state index in [1.807, 2.05) is 6.92 Å². The van der Waals surface area contributed by atoms with Crippen LogP contribution in [0.1, 0.15) is 26.0 Å². The smallest absolute Gasteiger partial charge is 0.297 e. The zero-order valence-corrected chi connectivity index (χ0v) is 9.66. The highest BCUT2D eigenvalue weighted by atomic mass is 16.4. The van der Waals surface area contributed by atoms with Crippen molar-refractivity contribution in [3.05, 3.63) is 12.0 Å². The van der Waals surface area contributed by atoms with Crippen LogP contribution in [0.4, 0.5) is 6.01 Å². The van der Waals surface area contributed by atoms with Gasteiger partial charge in [0, 0.05) is 18.6 Å². The predicted molar refractivity (Wildman–Crippen MR) is 60.1 cm³/mol. The van der Waals surface area contributed by atoms with Crippen LogP contribution >= 0.6 is 0 Å². The van der Waals surface area contributed by atoms with Crippen molar-refractivity contribution in [2.45, 2.75) is 39.3 Å². The lowest BCUT2D eigenvalue weighted by Gasteiger charge is -2.30. The molecule has 0 bridgehead atoms. The van der Waals surface area contributed by atoms with Gasteiger partial charge in [0.25, 0.3) is 6.01 Å². The molecular weight excluding hydrogens is 190 g/mol. The van der Waals surface area contributed by atoms with Crippen LogP contribution in [-0.2, 0) is 0 Å². The Balaban J connectivity index is 2.18. The van der Waals surface area contributed by atoms with E-state index in [1.54, 1.807) is 6.20 Å². The second-order valence-corrected chi connectivity index (χ2v) is 4.40. The molecule has 4 nitrogen and oxygen atoms in total. The largest absolute Gasteiger partial charge is 0.429 e. The van der Waals surface area contributed by atoms with Crippen molar-refractivity contribution in [1.82, 2.24) is 10.3 Å². The van der Waals surface area contributed by atoms with Gasteiger partial charge in [0.15, 0.2) is 0 Å². The van der Waals surface area contributed by atoms with Crippen LogP contribution in [-0.4, -0.2) is 30.2 Å². The van der Waals surface area contributed by atoms with E-state index >= 15 is 0 Å². The topological polar surface area (TPSA) is 41.3 Å². The molecule has 0 radical (unpaired) electrons. The van der Waals surface area contributed by atoms with Crippen molar-refractivity contribution in [3.8, 4) is 0 Å². The third-order valence-corrected chi connectivity index (χ3v) is 2.81. The highest BCUT2D eigenvalue weighted by Gasteiger charge is 2.27. The van der Waals surface area contributed by atoms with Crippen molar-refractivity contribution < 1.29 is 4.42 Å². The summed E-state index contributed by atoms with van der Waals surface area (Å²) in [7, 11) is 0. The third kappa shape index (κ3) is 2.15. The summed E-state index contributed by atoms with van der Waals surface area (Å²) in [6.45, 7) is 8.41. The predicted octanol–water partition coefficient (Wildman–Crippen LogP) is 1.56. The lowest BCUT2D eigenvalue weighted by molar-refractivity contribution is 0.460. The fourth-order valence-electron chi connectivity index (χ4n) is 2.14. The average Bonchev–Trinajstić information content (AvgIpc) is 2.77. The summed E-state index contributed by atoms with van der Waals surface area (Å²) >= 11 is 0. The standard InChI is InChI=1S/C11H19N3O/c1-8(2)14(10-4-5-12-7-10)11-13-6-9(3)15-11/h6,8,10,12H,4-5,7H2,1-3H3. The van der Waals surface area contributed by atoms with Crippen molar-refractivity contribution in [2.24, 2.45) is 0 Å². The minimum atomic E-state index is 0.424. The minimum Gasteiger partial charge on any atom is -0.429 e. The number of oxazole rings is 1. The van der Waals surface area contributed by atoms with Gasteiger partial charge in [0.05, 0.1) is 6.20 Å². The number of anilines is 1. The maximum absolute atomic E-state index is 5.61. The molecule has 2 heterocycles. The fourth-order valence-corrected chi connectivity index (χ4v) is 2.14. The molecule has 1 N–H and O–H groups in total. The van der Waals surface area contributed by atoms with Crippen molar-refractivity contribution >= 4 is 6.01 Å². The molecule has 0 saturated carbocycles. The monoisotopic (exact) mass is 209 g/mol. The second kappa shape index (κ2) is 4.23. The number of hydrogen-bond donors (Lipinski definition) is 1. The van der Waals surface area contributed by atoms with Gasteiger partial charge in [-0.25, -0.2) is 4.98 Å². The van der Waals surface area contributed by atoms with Gasteiger partial charge in [-0.1, -0.05) is 0 Å². The van der Waals surface area contributed by atoms with Gasteiger partial charge in [-0.05, 0) is 33.7 Å². The highest BCUT2D eigenvalue weighted by molar-refractivity contribution is 5.30. The van der Waals surface area contributed by atoms with Crippen molar-refractivity contribution in [1.29, 1.82) is 0 Å². The molecular formula is C11H19N3O. The van der Waals surface area contributed by atoms with E-state index in [4.69, 9.17) is 4.42 Å². The number of aromatic nitrogens is 1. The summed E-state index contributed by atoms with van der Waals surface area (Å²) in [5.41, 5.74) is 0. The normalized spacial score (nSPS) is 21.2. The number of nitrogens with one attached hydrogen (secondary N) is 1. The van der Waals surface area contributed by atoms with Crippen LogP contribution in [0.2, 0.25) is 0 Å². The van der Waals surface area contributed by atoms with E-state index in [0.717, 1.165) is 24.9 Å². The molecule has 2 rings (SSSR count). The van der Waals surface area contributed by atoms with Crippen LogP contribution in [0.3, 0.4) is 0 Å². The minimum absolute atomic E-state index is 0.424. The Morgan fingerprint density at radius 1 is 1.60 bits per heavy atom. The Bertz CT molecular complexity index is 315. The molecule has 1 saturated heterocycles. The Hall–Kier alpha value is -1.03. The summed E-state index contributed by atoms with van der Waals surface area (Å²) in [5.74, 6) is 0.876. The van der Waals surface area contributed by atoms with Crippen LogP contribution in [0, 0.1) is 6.92 Å². The third-order valence-electron chi connectivity index (χ3n) is 2.81. The molecule has 1 aromatic heterocycles. The van der Waals surface area contributed by atoms with Crippen molar-refractivity contribution in [2.75, 3.05) is 18.0 Å². The van der Waals surface area contributed by atoms with E-state index in [0.29, 0.717) is 12.1 Å². The maximum atomic E-state index is 5.61. The Labute approximate surface area is 90.7 Å². The molecule has 4 heteroatoms. The lowest BCUT2D eigenvalue weighted by atomic mass is 10.2. The highest BCUT2D eigenvalue weighted by Crippen LogP contribution is 2.22. The number of hydrogen-bond acceptors (Lipinski definition) is 4. The Morgan fingerprint density at radius 3 is 2.87 bits per heavy atom. The van der Waals surface area contributed by atoms with E-state index < -0.39 is 0 Å². The van der Waals surface area contributed by atoms with Gasteiger partial charge >= 0.3 is 0 Å². The molecule has 1 aliphatic heterocycles. The first-order valence-corrected chi connectivity index (χ1v) is 5.60. The molecule has 1 fully saturated rings. The van der Waals surface area contributed by atoms with E-state index in [9.17, 15) is 0 Å². The van der Waals surface area contributed by atoms with Gasteiger partial charge in [-0.2, -0.15) is 0 Å². The molecule has 0 spiro atoms. The second-order valence-electron chi connectivity index (χ2n) is 4.40. The molecule has 1 aliphatic rings.